The van der Waals surface area contributed by atoms with E-state index in [2.05, 4.69) is 4.98 Å². The molecule has 0 amide bonds. The summed E-state index contributed by atoms with van der Waals surface area (Å²) in [6, 6.07) is 8.45. The van der Waals surface area contributed by atoms with Crippen molar-refractivity contribution in [3.8, 4) is 5.75 Å². The molecule has 0 saturated heterocycles. The summed E-state index contributed by atoms with van der Waals surface area (Å²) in [4.78, 5) is 17.5. The molecule has 0 aliphatic carbocycles. The second-order valence-electron chi connectivity index (χ2n) is 7.27. The molecule has 0 fully saturated rings. The van der Waals surface area contributed by atoms with Crippen molar-refractivity contribution in [2.75, 3.05) is 11.4 Å². The maximum absolute atomic E-state index is 13.9. The summed E-state index contributed by atoms with van der Waals surface area (Å²) >= 11 is 6.19. The van der Waals surface area contributed by atoms with Crippen LogP contribution in [0, 0.1) is 11.6 Å². The molecule has 2 aromatic carbocycles. The second-order valence-corrected chi connectivity index (χ2v) is 7.71. The van der Waals surface area contributed by atoms with Crippen LogP contribution in [-0.4, -0.2) is 17.5 Å². The van der Waals surface area contributed by atoms with Gasteiger partial charge < -0.3 is 19.5 Å². The van der Waals surface area contributed by atoms with Crippen LogP contribution in [0.4, 0.5) is 14.5 Å². The number of carbonyl (C=O) groups excluding carboxylic acids is 1. The standard InChI is InChI=1S/C23H19ClF2N2O3.Na/c24-16-4-6-22(31-13-14-3-5-17(25)9-20(14)26)15(8-16)12-28-7-1-2-18-19(23(29)30)10-27-11-21(18)28;/h3-6,8-11H,1-2,7,12-13H2,(H,29,30);/q;+1/p-1. The number of rotatable bonds is 6. The predicted octanol–water partition coefficient (Wildman–Crippen LogP) is 0.913. The molecule has 1 aliphatic heterocycles. The fourth-order valence-electron chi connectivity index (χ4n) is 3.73. The predicted molar refractivity (Wildman–Crippen MR) is 110 cm³/mol. The molecule has 0 atom stereocenters. The number of fused-ring (bicyclic) bond motifs is 1. The minimum atomic E-state index is -1.25. The Kier molecular flexibility index (Phi) is 8.11. The molecule has 1 aromatic heterocycles. The van der Waals surface area contributed by atoms with Crippen LogP contribution < -0.4 is 44.3 Å². The third-order valence-electron chi connectivity index (χ3n) is 5.23. The molecule has 0 N–H and O–H groups in total. The molecule has 0 saturated carbocycles. The Morgan fingerprint density at radius 1 is 1.16 bits per heavy atom. The number of hydrogen-bond acceptors (Lipinski definition) is 5. The largest absolute Gasteiger partial charge is 1.00 e. The second kappa shape index (κ2) is 10.6. The first-order valence-electron chi connectivity index (χ1n) is 9.70. The Bertz CT molecular complexity index is 1150. The van der Waals surface area contributed by atoms with Crippen molar-refractivity contribution in [1.82, 2.24) is 4.98 Å². The molecule has 160 valence electrons. The van der Waals surface area contributed by atoms with Gasteiger partial charge in [0.2, 0.25) is 0 Å². The maximum Gasteiger partial charge on any atom is 1.00 e. The van der Waals surface area contributed by atoms with Crippen LogP contribution in [0.15, 0.2) is 48.8 Å². The molecule has 32 heavy (non-hydrogen) atoms. The summed E-state index contributed by atoms with van der Waals surface area (Å²) in [5, 5.41) is 12.0. The van der Waals surface area contributed by atoms with Gasteiger partial charge in [-0.25, -0.2) is 8.78 Å². The maximum atomic E-state index is 13.9. The number of benzene rings is 2. The van der Waals surface area contributed by atoms with Gasteiger partial charge >= 0.3 is 29.6 Å². The first-order valence-corrected chi connectivity index (χ1v) is 10.1. The Morgan fingerprint density at radius 3 is 2.72 bits per heavy atom. The van der Waals surface area contributed by atoms with Crippen LogP contribution in [0.5, 0.6) is 5.75 Å². The third-order valence-corrected chi connectivity index (χ3v) is 5.47. The monoisotopic (exact) mass is 466 g/mol. The van der Waals surface area contributed by atoms with Crippen molar-refractivity contribution in [2.24, 2.45) is 0 Å². The molecule has 5 nitrogen and oxygen atoms in total. The number of pyridine rings is 1. The number of carboxylic acids is 1. The molecule has 0 bridgehead atoms. The average Bonchev–Trinajstić information content (AvgIpc) is 2.74. The molecule has 0 radical (unpaired) electrons. The molecule has 1 aliphatic rings. The van der Waals surface area contributed by atoms with E-state index in [1.807, 2.05) is 4.90 Å². The fraction of sp³-hybridized carbons (Fsp3) is 0.217. The normalized spacial score (nSPS) is 12.7. The van der Waals surface area contributed by atoms with Gasteiger partial charge in [-0.15, -0.1) is 0 Å². The number of halogens is 3. The zero-order valence-electron chi connectivity index (χ0n) is 17.4. The minimum absolute atomic E-state index is 0. The summed E-state index contributed by atoms with van der Waals surface area (Å²) < 4.78 is 32.9. The van der Waals surface area contributed by atoms with E-state index in [1.165, 1.54) is 18.3 Å². The molecular weight excluding hydrogens is 449 g/mol. The van der Waals surface area contributed by atoms with Gasteiger partial charge in [-0.1, -0.05) is 11.6 Å². The number of carbonyl (C=O) groups is 1. The summed E-state index contributed by atoms with van der Waals surface area (Å²) in [5.74, 6) is -2.08. The molecule has 4 rings (SSSR count). The number of anilines is 1. The summed E-state index contributed by atoms with van der Waals surface area (Å²) in [6.45, 7) is 1.02. The number of ether oxygens (including phenoxy) is 1. The molecule has 0 spiro atoms. The average molecular weight is 467 g/mol. The number of carboxylic acid groups (broad SMARTS) is 1. The molecule has 3 aromatic rings. The topological polar surface area (TPSA) is 65.5 Å². The van der Waals surface area contributed by atoms with Crippen molar-refractivity contribution in [3.05, 3.63) is 87.7 Å². The van der Waals surface area contributed by atoms with E-state index in [4.69, 9.17) is 16.3 Å². The van der Waals surface area contributed by atoms with Crippen LogP contribution in [0.3, 0.4) is 0 Å². The van der Waals surface area contributed by atoms with Gasteiger partial charge in [-0.3, -0.25) is 4.98 Å². The summed E-state index contributed by atoms with van der Waals surface area (Å²) in [6.07, 6.45) is 4.35. The van der Waals surface area contributed by atoms with Gasteiger partial charge in [0.15, 0.2) is 0 Å². The number of nitrogens with zero attached hydrogens (tertiary/aromatic N) is 2. The SMILES string of the molecule is O=C([O-])c1cncc2c1CCCN2Cc1cc(Cl)ccc1OCc1ccc(F)cc1F.[Na+]. The quantitative estimate of drug-likeness (QED) is 0.505. The van der Waals surface area contributed by atoms with Crippen LogP contribution in [-0.2, 0) is 19.6 Å². The van der Waals surface area contributed by atoms with Gasteiger partial charge in [0.05, 0.1) is 17.9 Å². The van der Waals surface area contributed by atoms with Crippen molar-refractivity contribution in [3.63, 3.8) is 0 Å². The van der Waals surface area contributed by atoms with E-state index in [-0.39, 0.29) is 47.3 Å². The van der Waals surface area contributed by atoms with Crippen LogP contribution in [0.25, 0.3) is 0 Å². The minimum Gasteiger partial charge on any atom is -0.545 e. The van der Waals surface area contributed by atoms with Crippen molar-refractivity contribution in [2.45, 2.75) is 26.0 Å². The zero-order valence-corrected chi connectivity index (χ0v) is 20.2. The van der Waals surface area contributed by atoms with Crippen LogP contribution in [0.1, 0.15) is 33.5 Å². The molecule has 9 heteroatoms. The van der Waals surface area contributed by atoms with Crippen LogP contribution in [0.2, 0.25) is 5.02 Å². The van der Waals surface area contributed by atoms with E-state index in [9.17, 15) is 18.7 Å². The number of aromatic carboxylic acids is 1. The van der Waals surface area contributed by atoms with Crippen molar-refractivity contribution >= 4 is 23.3 Å². The zero-order chi connectivity index (χ0) is 22.0. The Labute approximate surface area is 211 Å². The molecular formula is C23H18ClF2N2NaO3. The van der Waals surface area contributed by atoms with Crippen molar-refractivity contribution < 1.29 is 53.0 Å². The Hall–Kier alpha value is -2.19. The number of aromatic nitrogens is 1. The van der Waals surface area contributed by atoms with E-state index in [0.29, 0.717) is 35.8 Å². The first-order chi connectivity index (χ1) is 14.9. The first kappa shape index (κ1) is 24.5. The van der Waals surface area contributed by atoms with Crippen molar-refractivity contribution in [1.29, 1.82) is 0 Å². The molecule has 2 heterocycles. The summed E-state index contributed by atoms with van der Waals surface area (Å²) in [5.41, 5.74) is 2.49. The Balaban J connectivity index is 0.00000289. The number of hydrogen-bond donors (Lipinski definition) is 0. The van der Waals surface area contributed by atoms with Gasteiger partial charge in [-0.2, -0.15) is 0 Å². The van der Waals surface area contributed by atoms with E-state index in [1.54, 1.807) is 24.4 Å². The van der Waals surface area contributed by atoms with Gasteiger partial charge in [-0.05, 0) is 48.7 Å². The smallest absolute Gasteiger partial charge is 0.545 e. The van der Waals surface area contributed by atoms with Gasteiger partial charge in [0.1, 0.15) is 24.0 Å². The van der Waals surface area contributed by atoms with E-state index in [0.717, 1.165) is 23.7 Å². The van der Waals surface area contributed by atoms with Gasteiger partial charge in [0.25, 0.3) is 0 Å². The summed E-state index contributed by atoms with van der Waals surface area (Å²) in [7, 11) is 0. The third kappa shape index (κ3) is 5.41. The van der Waals surface area contributed by atoms with Gasteiger partial charge in [0, 0.05) is 47.1 Å². The fourth-order valence-corrected chi connectivity index (χ4v) is 3.93. The Morgan fingerprint density at radius 2 is 1.97 bits per heavy atom. The van der Waals surface area contributed by atoms with Crippen LogP contribution >= 0.6 is 11.6 Å². The van der Waals surface area contributed by atoms with E-state index < -0.39 is 17.6 Å². The van der Waals surface area contributed by atoms with E-state index >= 15 is 0 Å². The molecule has 0 unspecified atom stereocenters.